The van der Waals surface area contributed by atoms with E-state index in [1.807, 2.05) is 0 Å². The van der Waals surface area contributed by atoms with E-state index >= 15 is 0 Å². The Morgan fingerprint density at radius 3 is 2.38 bits per heavy atom. The zero-order chi connectivity index (χ0) is 23.4. The van der Waals surface area contributed by atoms with E-state index in [2.05, 4.69) is 5.32 Å². The second kappa shape index (κ2) is 9.52. The molecule has 2 aromatic rings. The van der Waals surface area contributed by atoms with Crippen LogP contribution >= 0.6 is 11.6 Å². The van der Waals surface area contributed by atoms with Crippen molar-refractivity contribution < 1.29 is 33.4 Å². The van der Waals surface area contributed by atoms with Gasteiger partial charge in [0.15, 0.2) is 11.5 Å². The number of ether oxygens (including phenoxy) is 3. The van der Waals surface area contributed by atoms with Crippen LogP contribution in [0.5, 0.6) is 11.5 Å². The fraction of sp³-hybridized carbons (Fsp3) is 0.182. The molecular formula is C22H19ClN2O7. The van der Waals surface area contributed by atoms with Crippen molar-refractivity contribution in [2.24, 2.45) is 0 Å². The number of carbonyl (C=O) groups is 4. The number of anilines is 1. The monoisotopic (exact) mass is 458 g/mol. The summed E-state index contributed by atoms with van der Waals surface area (Å²) in [5, 5.41) is 2.34. The number of esters is 1. The van der Waals surface area contributed by atoms with Crippen LogP contribution in [0.3, 0.4) is 0 Å². The largest absolute Gasteiger partial charge is 0.493 e. The molecule has 0 radical (unpaired) electrons. The number of halogens is 1. The number of hydrogen-bond acceptors (Lipinski definition) is 7. The van der Waals surface area contributed by atoms with E-state index in [-0.39, 0.29) is 28.5 Å². The number of nitrogens with one attached hydrogen (secondary N) is 1. The fourth-order valence-corrected chi connectivity index (χ4v) is 3.34. The molecule has 9 nitrogen and oxygen atoms in total. The molecule has 0 spiro atoms. The Bertz CT molecular complexity index is 1130. The molecule has 0 aromatic heterocycles. The minimum Gasteiger partial charge on any atom is -0.493 e. The molecule has 166 valence electrons. The van der Waals surface area contributed by atoms with Gasteiger partial charge in [0.25, 0.3) is 11.8 Å². The number of urea groups is 1. The lowest BCUT2D eigenvalue weighted by Gasteiger charge is -2.26. The van der Waals surface area contributed by atoms with Gasteiger partial charge >= 0.3 is 12.0 Å². The number of benzene rings is 2. The lowest BCUT2D eigenvalue weighted by Crippen LogP contribution is -2.54. The van der Waals surface area contributed by atoms with E-state index in [1.54, 1.807) is 6.92 Å². The number of amides is 4. The molecule has 10 heteroatoms. The second-order valence-corrected chi connectivity index (χ2v) is 6.87. The Labute approximate surface area is 188 Å². The molecule has 32 heavy (non-hydrogen) atoms. The topological polar surface area (TPSA) is 111 Å². The van der Waals surface area contributed by atoms with Crippen molar-refractivity contribution in [1.82, 2.24) is 5.32 Å². The summed E-state index contributed by atoms with van der Waals surface area (Å²) >= 11 is 6.19. The molecular weight excluding hydrogens is 440 g/mol. The third kappa shape index (κ3) is 4.42. The van der Waals surface area contributed by atoms with Crippen LogP contribution in [0.25, 0.3) is 6.08 Å². The Balaban J connectivity index is 1.97. The van der Waals surface area contributed by atoms with Crippen molar-refractivity contribution in [1.29, 1.82) is 0 Å². The van der Waals surface area contributed by atoms with Gasteiger partial charge < -0.3 is 14.2 Å². The number of methoxy groups -OCH3 is 2. The lowest BCUT2D eigenvalue weighted by atomic mass is 10.1. The maximum atomic E-state index is 13.0. The quantitative estimate of drug-likeness (QED) is 0.402. The van der Waals surface area contributed by atoms with E-state index in [0.717, 1.165) is 4.90 Å². The highest BCUT2D eigenvalue weighted by Gasteiger charge is 2.37. The highest BCUT2D eigenvalue weighted by Crippen LogP contribution is 2.37. The number of rotatable bonds is 6. The zero-order valence-corrected chi connectivity index (χ0v) is 18.2. The average Bonchev–Trinajstić information content (AvgIpc) is 2.76. The molecule has 0 aliphatic carbocycles. The molecule has 1 N–H and O–H groups in total. The minimum atomic E-state index is -0.911. The van der Waals surface area contributed by atoms with Gasteiger partial charge in [-0.25, -0.2) is 14.5 Å². The van der Waals surface area contributed by atoms with Gasteiger partial charge in [-0.1, -0.05) is 11.6 Å². The summed E-state index contributed by atoms with van der Waals surface area (Å²) in [6.45, 7) is 1.89. The Morgan fingerprint density at radius 1 is 1.09 bits per heavy atom. The van der Waals surface area contributed by atoms with Crippen molar-refractivity contribution in [2.45, 2.75) is 6.92 Å². The van der Waals surface area contributed by atoms with Crippen molar-refractivity contribution in [3.63, 3.8) is 0 Å². The van der Waals surface area contributed by atoms with Gasteiger partial charge in [0, 0.05) is 0 Å². The van der Waals surface area contributed by atoms with Gasteiger partial charge in [0.05, 0.1) is 37.1 Å². The molecule has 2 aromatic carbocycles. The Hall–Kier alpha value is -3.85. The first-order valence-electron chi connectivity index (χ1n) is 9.40. The number of carbonyl (C=O) groups excluding carboxylic acids is 4. The van der Waals surface area contributed by atoms with Gasteiger partial charge in [-0.3, -0.25) is 14.9 Å². The Morgan fingerprint density at radius 2 is 1.78 bits per heavy atom. The van der Waals surface area contributed by atoms with Crippen LogP contribution in [0.4, 0.5) is 10.5 Å². The normalized spacial score (nSPS) is 14.9. The number of hydrogen-bond donors (Lipinski definition) is 1. The Kier molecular flexibility index (Phi) is 6.79. The third-order valence-corrected chi connectivity index (χ3v) is 4.79. The van der Waals surface area contributed by atoms with Crippen LogP contribution in [-0.2, 0) is 14.3 Å². The standard InChI is InChI=1S/C22H19ClN2O7/c1-4-32-21(28)13-5-7-14(8-6-13)25-20(27)15(19(26)24-22(25)29)9-12-10-16(23)18(31-3)17(11-12)30-2/h5-11H,4H2,1-3H3,(H,24,26,29)/b15-9+. The predicted octanol–water partition coefficient (Wildman–Crippen LogP) is 3.20. The molecule has 1 aliphatic rings. The number of nitrogens with zero attached hydrogens (tertiary/aromatic N) is 1. The summed E-state index contributed by atoms with van der Waals surface area (Å²) in [5.41, 5.74) is 0.525. The molecule has 0 unspecified atom stereocenters. The summed E-state index contributed by atoms with van der Waals surface area (Å²) in [4.78, 5) is 50.4. The van der Waals surface area contributed by atoms with Crippen molar-refractivity contribution >= 4 is 47.2 Å². The minimum absolute atomic E-state index is 0.171. The first kappa shape index (κ1) is 22.8. The van der Waals surface area contributed by atoms with Crippen LogP contribution in [0.2, 0.25) is 5.02 Å². The third-order valence-electron chi connectivity index (χ3n) is 4.51. The first-order chi connectivity index (χ1) is 15.3. The smallest absolute Gasteiger partial charge is 0.338 e. The molecule has 1 aliphatic heterocycles. The van der Waals surface area contributed by atoms with Gasteiger partial charge in [0.1, 0.15) is 5.57 Å². The number of imide groups is 2. The number of barbiturate groups is 1. The highest BCUT2D eigenvalue weighted by atomic mass is 35.5. The maximum absolute atomic E-state index is 13.0. The summed E-state index contributed by atoms with van der Waals surface area (Å²) < 4.78 is 15.3. The van der Waals surface area contributed by atoms with Gasteiger partial charge in [-0.2, -0.15) is 0 Å². The van der Waals surface area contributed by atoms with Gasteiger partial charge in [-0.05, 0) is 55.0 Å². The predicted molar refractivity (Wildman–Crippen MR) is 116 cm³/mol. The van der Waals surface area contributed by atoms with Gasteiger partial charge in [-0.15, -0.1) is 0 Å². The van der Waals surface area contributed by atoms with Crippen LogP contribution < -0.4 is 19.7 Å². The van der Waals surface area contributed by atoms with Crippen molar-refractivity contribution in [3.8, 4) is 11.5 Å². The van der Waals surface area contributed by atoms with Crippen LogP contribution in [0, 0.1) is 0 Å². The first-order valence-corrected chi connectivity index (χ1v) is 9.78. The van der Waals surface area contributed by atoms with Crippen molar-refractivity contribution in [2.75, 3.05) is 25.7 Å². The molecule has 1 saturated heterocycles. The average molecular weight is 459 g/mol. The molecule has 4 amide bonds. The maximum Gasteiger partial charge on any atom is 0.338 e. The molecule has 0 bridgehead atoms. The molecule has 0 saturated carbocycles. The molecule has 1 heterocycles. The van der Waals surface area contributed by atoms with E-state index in [4.69, 9.17) is 25.8 Å². The molecule has 0 atom stereocenters. The molecule has 1 fully saturated rings. The molecule has 3 rings (SSSR count). The van der Waals surface area contributed by atoms with Crippen LogP contribution in [-0.4, -0.2) is 44.6 Å². The van der Waals surface area contributed by atoms with Crippen molar-refractivity contribution in [3.05, 3.63) is 58.1 Å². The summed E-state index contributed by atoms with van der Waals surface area (Å²) in [7, 11) is 2.85. The summed E-state index contributed by atoms with van der Waals surface area (Å²) in [6, 6.07) is 7.77. The zero-order valence-electron chi connectivity index (χ0n) is 17.4. The van der Waals surface area contributed by atoms with E-state index in [9.17, 15) is 19.2 Å². The van der Waals surface area contributed by atoms with Crippen LogP contribution in [0.15, 0.2) is 42.0 Å². The van der Waals surface area contributed by atoms with E-state index < -0.39 is 23.8 Å². The summed E-state index contributed by atoms with van der Waals surface area (Å²) in [5.74, 6) is -1.62. The SMILES string of the molecule is CCOC(=O)c1ccc(N2C(=O)NC(=O)/C(=C\c3cc(Cl)c(OC)c(OC)c3)C2=O)cc1. The summed E-state index contributed by atoms with van der Waals surface area (Å²) in [6.07, 6.45) is 1.29. The highest BCUT2D eigenvalue weighted by molar-refractivity contribution is 6.39. The van der Waals surface area contributed by atoms with Crippen LogP contribution in [0.1, 0.15) is 22.8 Å². The van der Waals surface area contributed by atoms with E-state index in [1.165, 1.54) is 56.7 Å². The van der Waals surface area contributed by atoms with Gasteiger partial charge in [0.2, 0.25) is 0 Å². The van der Waals surface area contributed by atoms with E-state index in [0.29, 0.717) is 17.1 Å². The fourth-order valence-electron chi connectivity index (χ4n) is 3.04. The lowest BCUT2D eigenvalue weighted by molar-refractivity contribution is -0.122. The second-order valence-electron chi connectivity index (χ2n) is 6.46.